The normalized spacial score (nSPS) is 12.6. The van der Waals surface area contributed by atoms with Gasteiger partial charge in [-0.15, -0.1) is 5.10 Å². The average molecular weight is 517 g/mol. The van der Waals surface area contributed by atoms with Gasteiger partial charge >= 0.3 is 11.9 Å². The molecule has 194 valence electrons. The SMILES string of the molecule is CC(Oc1cc(-n2nc(CN(C)C)n(C)c2=O)c(F)cc1C(=O)Nc1c(F)cccc1F)C(F)(F)F. The van der Waals surface area contributed by atoms with E-state index in [2.05, 4.69) is 5.10 Å². The molecule has 0 aliphatic rings. The molecule has 1 heterocycles. The Hall–Kier alpha value is -3.81. The van der Waals surface area contributed by atoms with Crippen molar-refractivity contribution in [1.82, 2.24) is 19.2 Å². The summed E-state index contributed by atoms with van der Waals surface area (Å²) in [6.07, 6.45) is -7.34. The van der Waals surface area contributed by atoms with Crippen molar-refractivity contribution in [2.75, 3.05) is 19.4 Å². The lowest BCUT2D eigenvalue weighted by atomic mass is 10.1. The molecule has 0 radical (unpaired) electrons. The molecule has 1 N–H and O–H groups in total. The van der Waals surface area contributed by atoms with Crippen LogP contribution < -0.4 is 15.7 Å². The molecule has 36 heavy (non-hydrogen) atoms. The monoisotopic (exact) mass is 517 g/mol. The number of para-hydroxylation sites is 1. The van der Waals surface area contributed by atoms with Gasteiger partial charge in [0.15, 0.2) is 6.10 Å². The van der Waals surface area contributed by atoms with Gasteiger partial charge in [-0.05, 0) is 39.2 Å². The van der Waals surface area contributed by atoms with Crippen LogP contribution >= 0.6 is 0 Å². The Morgan fingerprint density at radius 2 is 1.75 bits per heavy atom. The number of carbonyl (C=O) groups excluding carboxylic acids is 1. The molecule has 0 fully saturated rings. The Morgan fingerprint density at radius 3 is 2.31 bits per heavy atom. The number of nitrogens with zero attached hydrogens (tertiary/aromatic N) is 4. The van der Waals surface area contributed by atoms with E-state index in [1.165, 1.54) is 7.05 Å². The third kappa shape index (κ3) is 5.53. The van der Waals surface area contributed by atoms with Crippen LogP contribution in [0.25, 0.3) is 5.69 Å². The highest BCUT2D eigenvalue weighted by molar-refractivity contribution is 6.06. The maximum Gasteiger partial charge on any atom is 0.425 e. The second-order valence-corrected chi connectivity index (χ2v) is 8.06. The summed E-state index contributed by atoms with van der Waals surface area (Å²) >= 11 is 0. The van der Waals surface area contributed by atoms with Crippen LogP contribution in [0.3, 0.4) is 0 Å². The van der Waals surface area contributed by atoms with Crippen LogP contribution in [0.4, 0.5) is 32.0 Å². The maximum absolute atomic E-state index is 15.1. The Morgan fingerprint density at radius 1 is 1.14 bits per heavy atom. The Labute approximate surface area is 200 Å². The number of halogens is 6. The molecule has 0 spiro atoms. The van der Waals surface area contributed by atoms with Gasteiger partial charge in [-0.1, -0.05) is 6.07 Å². The second kappa shape index (κ2) is 10.0. The first-order valence-corrected chi connectivity index (χ1v) is 10.3. The minimum absolute atomic E-state index is 0.184. The zero-order valence-electron chi connectivity index (χ0n) is 19.5. The van der Waals surface area contributed by atoms with Gasteiger partial charge in [0.25, 0.3) is 5.91 Å². The van der Waals surface area contributed by atoms with E-state index in [9.17, 15) is 31.5 Å². The molecule has 0 saturated carbocycles. The summed E-state index contributed by atoms with van der Waals surface area (Å²) in [6, 6.07) is 3.89. The van der Waals surface area contributed by atoms with Crippen molar-refractivity contribution in [3.8, 4) is 11.4 Å². The van der Waals surface area contributed by atoms with Gasteiger partial charge in [-0.3, -0.25) is 9.36 Å². The van der Waals surface area contributed by atoms with E-state index >= 15 is 4.39 Å². The minimum atomic E-state index is -4.87. The van der Waals surface area contributed by atoms with Gasteiger partial charge in [-0.2, -0.15) is 17.9 Å². The van der Waals surface area contributed by atoms with Crippen molar-refractivity contribution in [2.45, 2.75) is 25.7 Å². The Balaban J connectivity index is 2.14. The van der Waals surface area contributed by atoms with Crippen molar-refractivity contribution in [3.63, 3.8) is 0 Å². The molecule has 1 amide bonds. The molecule has 0 bridgehead atoms. The zero-order chi connectivity index (χ0) is 26.9. The van der Waals surface area contributed by atoms with Crippen LogP contribution in [0, 0.1) is 17.5 Å². The first-order valence-electron chi connectivity index (χ1n) is 10.3. The first-order chi connectivity index (χ1) is 16.7. The quantitative estimate of drug-likeness (QED) is 0.485. The Bertz CT molecular complexity index is 1330. The average Bonchev–Trinajstić information content (AvgIpc) is 3.04. The lowest BCUT2D eigenvalue weighted by Gasteiger charge is -2.20. The van der Waals surface area contributed by atoms with Crippen molar-refractivity contribution >= 4 is 11.6 Å². The summed E-state index contributed by atoms with van der Waals surface area (Å²) in [4.78, 5) is 27.1. The molecule has 1 unspecified atom stereocenters. The summed E-state index contributed by atoms with van der Waals surface area (Å²) in [5.74, 6) is -5.49. The van der Waals surface area contributed by atoms with E-state index in [0.29, 0.717) is 23.7 Å². The van der Waals surface area contributed by atoms with E-state index < -0.39 is 64.0 Å². The molecule has 14 heteroatoms. The summed E-state index contributed by atoms with van der Waals surface area (Å²) in [7, 11) is 4.76. The number of alkyl halides is 3. The molecular formula is C22H21F6N5O3. The molecule has 1 atom stereocenters. The molecule has 0 aliphatic heterocycles. The molecule has 0 aliphatic carbocycles. The van der Waals surface area contributed by atoms with Crippen LogP contribution in [-0.2, 0) is 13.6 Å². The van der Waals surface area contributed by atoms with Crippen LogP contribution in [0.15, 0.2) is 35.1 Å². The smallest absolute Gasteiger partial charge is 0.425 e. The topological polar surface area (TPSA) is 81.4 Å². The van der Waals surface area contributed by atoms with Crippen LogP contribution in [0.2, 0.25) is 0 Å². The number of hydrogen-bond donors (Lipinski definition) is 1. The lowest BCUT2D eigenvalue weighted by Crippen LogP contribution is -2.32. The van der Waals surface area contributed by atoms with E-state index in [0.717, 1.165) is 22.8 Å². The molecule has 3 aromatic rings. The fourth-order valence-corrected chi connectivity index (χ4v) is 3.09. The lowest BCUT2D eigenvalue weighted by molar-refractivity contribution is -0.189. The number of nitrogens with one attached hydrogen (secondary N) is 1. The van der Waals surface area contributed by atoms with Gasteiger partial charge in [-0.25, -0.2) is 18.0 Å². The third-order valence-corrected chi connectivity index (χ3v) is 5.02. The van der Waals surface area contributed by atoms with E-state index in [1.807, 2.05) is 5.32 Å². The number of aromatic nitrogens is 3. The van der Waals surface area contributed by atoms with E-state index in [1.54, 1.807) is 19.0 Å². The van der Waals surface area contributed by atoms with Crippen molar-refractivity contribution in [1.29, 1.82) is 0 Å². The standard InChI is InChI=1S/C22H21F6N5O3/c1-11(22(26,27)28)36-17-9-16(33-21(35)32(4)18(30-33)10-31(2)3)15(25)8-12(17)20(34)29-19-13(23)6-5-7-14(19)24/h5-9,11H,10H2,1-4H3,(H,29,34). The van der Waals surface area contributed by atoms with Crippen molar-refractivity contribution in [3.05, 3.63) is 69.7 Å². The summed E-state index contributed by atoms with van der Waals surface area (Å²) in [5, 5.41) is 5.89. The fourth-order valence-electron chi connectivity index (χ4n) is 3.09. The molecule has 1 aromatic heterocycles. The number of benzene rings is 2. The van der Waals surface area contributed by atoms with Gasteiger partial charge in [0.05, 0.1) is 12.1 Å². The first kappa shape index (κ1) is 26.8. The van der Waals surface area contributed by atoms with Gasteiger partial charge in [0.1, 0.15) is 40.4 Å². The zero-order valence-corrected chi connectivity index (χ0v) is 19.5. The summed E-state index contributed by atoms with van der Waals surface area (Å²) in [5.41, 5.74) is -3.10. The Kier molecular flexibility index (Phi) is 7.48. The minimum Gasteiger partial charge on any atom is -0.480 e. The predicted octanol–water partition coefficient (Wildman–Crippen LogP) is 3.63. The second-order valence-electron chi connectivity index (χ2n) is 8.06. The number of rotatable bonds is 7. The third-order valence-electron chi connectivity index (χ3n) is 5.02. The van der Waals surface area contributed by atoms with E-state index in [4.69, 9.17) is 4.74 Å². The van der Waals surface area contributed by atoms with Gasteiger partial charge in [0.2, 0.25) is 0 Å². The van der Waals surface area contributed by atoms with E-state index in [-0.39, 0.29) is 12.4 Å². The number of ether oxygens (including phenoxy) is 1. The van der Waals surface area contributed by atoms with Gasteiger partial charge in [0, 0.05) is 13.1 Å². The molecular weight excluding hydrogens is 496 g/mol. The molecule has 3 rings (SSSR count). The highest BCUT2D eigenvalue weighted by atomic mass is 19.4. The van der Waals surface area contributed by atoms with Crippen molar-refractivity contribution < 1.29 is 35.9 Å². The van der Waals surface area contributed by atoms with Crippen molar-refractivity contribution in [2.24, 2.45) is 7.05 Å². The highest BCUT2D eigenvalue weighted by Gasteiger charge is 2.39. The van der Waals surface area contributed by atoms with Crippen LogP contribution in [0.5, 0.6) is 5.75 Å². The largest absolute Gasteiger partial charge is 0.480 e. The fraction of sp³-hybridized carbons (Fsp3) is 0.318. The maximum atomic E-state index is 15.1. The molecule has 2 aromatic carbocycles. The number of carbonyl (C=O) groups is 1. The number of hydrogen-bond acceptors (Lipinski definition) is 5. The summed E-state index contributed by atoms with van der Waals surface area (Å²) in [6.45, 7) is 0.826. The molecule has 8 nitrogen and oxygen atoms in total. The highest BCUT2D eigenvalue weighted by Crippen LogP contribution is 2.31. The summed E-state index contributed by atoms with van der Waals surface area (Å²) < 4.78 is 89.2. The van der Waals surface area contributed by atoms with Crippen LogP contribution in [0.1, 0.15) is 23.1 Å². The number of amides is 1. The predicted molar refractivity (Wildman–Crippen MR) is 117 cm³/mol. The van der Waals surface area contributed by atoms with Gasteiger partial charge < -0.3 is 15.0 Å². The van der Waals surface area contributed by atoms with Crippen LogP contribution in [-0.4, -0.2) is 51.5 Å². The number of anilines is 1. The molecule has 0 saturated heterocycles.